The molecule has 4 aromatic rings. The number of aromatic nitrogens is 2. The van der Waals surface area contributed by atoms with Crippen LogP contribution in [0.2, 0.25) is 0 Å². The van der Waals surface area contributed by atoms with Gasteiger partial charge in [0.25, 0.3) is 5.56 Å². The van der Waals surface area contributed by atoms with Crippen LogP contribution in [-0.2, 0) is 6.54 Å². The van der Waals surface area contributed by atoms with Crippen LogP contribution in [-0.4, -0.2) is 9.97 Å². The molecule has 0 saturated carbocycles. The van der Waals surface area contributed by atoms with Crippen LogP contribution in [0.1, 0.15) is 34.8 Å². The summed E-state index contributed by atoms with van der Waals surface area (Å²) in [6.07, 6.45) is 0. The number of H-pyrrole nitrogens is 1. The summed E-state index contributed by atoms with van der Waals surface area (Å²) < 4.78 is 26.6. The van der Waals surface area contributed by atoms with E-state index in [-0.39, 0.29) is 11.6 Å². The molecule has 30 heavy (non-hydrogen) atoms. The van der Waals surface area contributed by atoms with E-state index in [4.69, 9.17) is 0 Å². The Morgan fingerprint density at radius 1 is 1.10 bits per heavy atom. The fourth-order valence-corrected chi connectivity index (χ4v) is 4.53. The van der Waals surface area contributed by atoms with E-state index in [1.165, 1.54) is 23.5 Å². The summed E-state index contributed by atoms with van der Waals surface area (Å²) in [5, 5.41) is 3.79. The maximum atomic E-state index is 13.5. The van der Waals surface area contributed by atoms with Gasteiger partial charge >= 0.3 is 0 Å². The van der Waals surface area contributed by atoms with Gasteiger partial charge in [-0.15, -0.1) is 11.3 Å². The van der Waals surface area contributed by atoms with Gasteiger partial charge in [-0.25, -0.2) is 13.8 Å². The maximum Gasteiger partial charge on any atom is 0.260 e. The van der Waals surface area contributed by atoms with Crippen LogP contribution >= 0.6 is 11.3 Å². The molecular weight excluding hydrogens is 404 g/mol. The Labute approximate surface area is 176 Å². The first-order valence-electron chi connectivity index (χ1n) is 9.61. The summed E-state index contributed by atoms with van der Waals surface area (Å²) in [5.74, 6) is -1.26. The first-order chi connectivity index (χ1) is 14.3. The number of rotatable bonds is 5. The van der Waals surface area contributed by atoms with E-state index in [1.807, 2.05) is 45.0 Å². The highest BCUT2D eigenvalue weighted by Crippen LogP contribution is 2.35. The van der Waals surface area contributed by atoms with Gasteiger partial charge in [0.05, 0.1) is 11.9 Å². The molecule has 0 fully saturated rings. The van der Waals surface area contributed by atoms with Crippen molar-refractivity contribution in [2.75, 3.05) is 0 Å². The molecule has 2 N–H and O–H groups in total. The van der Waals surface area contributed by atoms with Crippen LogP contribution in [0.3, 0.4) is 0 Å². The number of hydrogen-bond donors (Lipinski definition) is 2. The minimum Gasteiger partial charge on any atom is -0.309 e. The molecule has 0 spiro atoms. The Kier molecular flexibility index (Phi) is 5.49. The summed E-state index contributed by atoms with van der Waals surface area (Å²) in [6, 6.07) is 11.7. The largest absolute Gasteiger partial charge is 0.309 e. The number of hydrogen-bond acceptors (Lipinski definition) is 4. The first kappa shape index (κ1) is 20.4. The summed E-state index contributed by atoms with van der Waals surface area (Å²) in [7, 11) is 0. The van der Waals surface area contributed by atoms with Crippen molar-refractivity contribution in [1.82, 2.24) is 15.3 Å². The predicted octanol–water partition coefficient (Wildman–Crippen LogP) is 5.40. The standard InChI is InChI=1S/C23H21F2N3OS/c1-12-4-6-15(7-5-12)20-14(3)30-23-21(20)22(29)27-19(28-23)11-26-13(2)16-8-9-17(24)18(25)10-16/h4-10,13,26H,11H2,1-3H3,(H,27,28,29)/t13-/m0/s1. The van der Waals surface area contributed by atoms with Gasteiger partial charge in [0.2, 0.25) is 0 Å². The molecule has 7 heteroatoms. The molecule has 0 amide bonds. The Morgan fingerprint density at radius 3 is 2.53 bits per heavy atom. The Hall–Kier alpha value is -2.90. The topological polar surface area (TPSA) is 57.8 Å². The molecular formula is C23H21F2N3OS. The number of halogens is 2. The molecule has 0 aliphatic carbocycles. The third-order valence-electron chi connectivity index (χ3n) is 5.15. The van der Waals surface area contributed by atoms with Crippen molar-refractivity contribution in [3.63, 3.8) is 0 Å². The second-order valence-electron chi connectivity index (χ2n) is 7.37. The Morgan fingerprint density at radius 2 is 1.83 bits per heavy atom. The number of aryl methyl sites for hydroxylation is 2. The monoisotopic (exact) mass is 425 g/mol. The van der Waals surface area contributed by atoms with Crippen molar-refractivity contribution in [3.8, 4) is 11.1 Å². The second kappa shape index (κ2) is 8.08. The van der Waals surface area contributed by atoms with E-state index < -0.39 is 11.6 Å². The normalized spacial score (nSPS) is 12.4. The smallest absolute Gasteiger partial charge is 0.260 e. The number of nitrogens with zero attached hydrogens (tertiary/aromatic N) is 1. The van der Waals surface area contributed by atoms with Crippen molar-refractivity contribution >= 4 is 21.6 Å². The zero-order valence-electron chi connectivity index (χ0n) is 16.8. The fraction of sp³-hybridized carbons (Fsp3) is 0.217. The lowest BCUT2D eigenvalue weighted by atomic mass is 10.0. The maximum absolute atomic E-state index is 13.5. The summed E-state index contributed by atoms with van der Waals surface area (Å²) in [6.45, 7) is 6.15. The molecule has 2 heterocycles. The van der Waals surface area contributed by atoms with Gasteiger partial charge < -0.3 is 10.3 Å². The highest BCUT2D eigenvalue weighted by atomic mass is 32.1. The number of benzene rings is 2. The molecule has 4 nitrogen and oxygen atoms in total. The van der Waals surface area contributed by atoms with Gasteiger partial charge in [-0.05, 0) is 44.0 Å². The van der Waals surface area contributed by atoms with E-state index in [1.54, 1.807) is 0 Å². The van der Waals surface area contributed by atoms with Crippen LogP contribution in [0, 0.1) is 25.5 Å². The zero-order chi connectivity index (χ0) is 21.4. The lowest BCUT2D eigenvalue weighted by Gasteiger charge is -2.14. The highest BCUT2D eigenvalue weighted by molar-refractivity contribution is 7.19. The van der Waals surface area contributed by atoms with Crippen LogP contribution in [0.25, 0.3) is 21.3 Å². The van der Waals surface area contributed by atoms with Gasteiger partial charge in [-0.3, -0.25) is 4.79 Å². The number of aromatic amines is 1. The lowest BCUT2D eigenvalue weighted by molar-refractivity contribution is 0.499. The van der Waals surface area contributed by atoms with Crippen molar-refractivity contribution < 1.29 is 8.78 Å². The average molecular weight is 426 g/mol. The zero-order valence-corrected chi connectivity index (χ0v) is 17.7. The highest BCUT2D eigenvalue weighted by Gasteiger charge is 2.17. The summed E-state index contributed by atoms with van der Waals surface area (Å²) in [4.78, 5) is 22.1. The molecule has 4 rings (SSSR count). The van der Waals surface area contributed by atoms with E-state index in [9.17, 15) is 13.6 Å². The van der Waals surface area contributed by atoms with Gasteiger partial charge in [-0.2, -0.15) is 0 Å². The van der Waals surface area contributed by atoms with Crippen LogP contribution in [0.5, 0.6) is 0 Å². The quantitative estimate of drug-likeness (QED) is 0.450. The Bertz CT molecular complexity index is 1280. The Balaban J connectivity index is 1.61. The van der Waals surface area contributed by atoms with E-state index in [2.05, 4.69) is 15.3 Å². The van der Waals surface area contributed by atoms with Crippen molar-refractivity contribution in [3.05, 3.63) is 86.3 Å². The van der Waals surface area contributed by atoms with Crippen molar-refractivity contribution in [1.29, 1.82) is 0 Å². The molecule has 0 aliphatic rings. The average Bonchev–Trinajstić information content (AvgIpc) is 3.05. The SMILES string of the molecule is Cc1ccc(-c2c(C)sc3nc(CN[C@@H](C)c4ccc(F)c(F)c4)[nH]c(=O)c23)cc1. The summed E-state index contributed by atoms with van der Waals surface area (Å²) in [5.41, 5.74) is 3.50. The molecule has 1 atom stereocenters. The van der Waals surface area contributed by atoms with E-state index >= 15 is 0 Å². The second-order valence-corrected chi connectivity index (χ2v) is 8.57. The molecule has 2 aromatic heterocycles. The van der Waals surface area contributed by atoms with Crippen LogP contribution < -0.4 is 10.9 Å². The van der Waals surface area contributed by atoms with Crippen molar-refractivity contribution in [2.24, 2.45) is 0 Å². The minimum atomic E-state index is -0.883. The first-order valence-corrected chi connectivity index (χ1v) is 10.4. The van der Waals surface area contributed by atoms with Gasteiger partial charge in [0.15, 0.2) is 11.6 Å². The van der Waals surface area contributed by atoms with Crippen LogP contribution in [0.4, 0.5) is 8.78 Å². The molecule has 0 saturated heterocycles. The summed E-state index contributed by atoms with van der Waals surface area (Å²) >= 11 is 1.49. The predicted molar refractivity (Wildman–Crippen MR) is 117 cm³/mol. The molecule has 0 unspecified atom stereocenters. The van der Waals surface area contributed by atoms with Gasteiger partial charge in [0.1, 0.15) is 10.7 Å². The van der Waals surface area contributed by atoms with E-state index in [0.717, 1.165) is 27.6 Å². The molecule has 154 valence electrons. The van der Waals surface area contributed by atoms with Gasteiger partial charge in [0, 0.05) is 16.5 Å². The van der Waals surface area contributed by atoms with Crippen molar-refractivity contribution in [2.45, 2.75) is 33.4 Å². The minimum absolute atomic E-state index is 0.183. The van der Waals surface area contributed by atoms with Gasteiger partial charge in [-0.1, -0.05) is 35.9 Å². The molecule has 0 aliphatic heterocycles. The third kappa shape index (κ3) is 3.91. The van der Waals surface area contributed by atoms with E-state index in [0.29, 0.717) is 28.1 Å². The number of thiophene rings is 1. The lowest BCUT2D eigenvalue weighted by Crippen LogP contribution is -2.22. The fourth-order valence-electron chi connectivity index (χ4n) is 3.46. The third-order valence-corrected chi connectivity index (χ3v) is 6.15. The molecule has 0 radical (unpaired) electrons. The van der Waals surface area contributed by atoms with Crippen LogP contribution in [0.15, 0.2) is 47.3 Å². The molecule has 0 bridgehead atoms. The number of nitrogens with one attached hydrogen (secondary N) is 2. The molecule has 2 aromatic carbocycles. The number of fused-ring (bicyclic) bond motifs is 1.